The number of carbonyl (C=O) groups is 3. The van der Waals surface area contributed by atoms with Crippen LogP contribution in [0.4, 0.5) is 0 Å². The van der Waals surface area contributed by atoms with E-state index in [1.165, 1.54) is 6.08 Å². The van der Waals surface area contributed by atoms with Crippen LogP contribution in [0.25, 0.3) is 0 Å². The molecule has 0 bridgehead atoms. The van der Waals surface area contributed by atoms with Crippen LogP contribution in [0.3, 0.4) is 0 Å². The number of aromatic hydroxyl groups is 2. The van der Waals surface area contributed by atoms with Gasteiger partial charge in [0.15, 0.2) is 0 Å². The SMILES string of the molecule is O=C(O)C1=CCC(N2Cc3ccccc3OC3=C2C(=O)c2c(O)ccc(O)c2C3=O)C=C1. The summed E-state index contributed by atoms with van der Waals surface area (Å²) in [6.45, 7) is 0.216. The molecule has 2 aromatic carbocycles. The minimum absolute atomic E-state index is 0.0403. The fraction of sp³-hybridized carbons (Fsp3) is 0.125. The van der Waals surface area contributed by atoms with Crippen molar-refractivity contribution >= 4 is 17.5 Å². The van der Waals surface area contributed by atoms with E-state index in [1.54, 1.807) is 35.3 Å². The maximum absolute atomic E-state index is 13.6. The van der Waals surface area contributed by atoms with Gasteiger partial charge in [0.25, 0.3) is 0 Å². The summed E-state index contributed by atoms with van der Waals surface area (Å²) < 4.78 is 5.92. The molecule has 2 aliphatic carbocycles. The van der Waals surface area contributed by atoms with Crippen LogP contribution in [0.2, 0.25) is 0 Å². The Kier molecular flexibility index (Phi) is 4.37. The number of rotatable bonds is 2. The molecule has 5 rings (SSSR count). The van der Waals surface area contributed by atoms with Crippen LogP contribution in [-0.2, 0) is 11.3 Å². The Balaban J connectivity index is 1.69. The summed E-state index contributed by atoms with van der Waals surface area (Å²) in [6, 6.07) is 8.90. The van der Waals surface area contributed by atoms with E-state index in [9.17, 15) is 29.7 Å². The number of allylic oxidation sites excluding steroid dienone is 2. The Morgan fingerprint density at radius 2 is 1.69 bits per heavy atom. The smallest absolute Gasteiger partial charge is 0.335 e. The van der Waals surface area contributed by atoms with E-state index in [1.807, 2.05) is 6.07 Å². The summed E-state index contributed by atoms with van der Waals surface area (Å²) in [4.78, 5) is 39.9. The Labute approximate surface area is 182 Å². The fourth-order valence-electron chi connectivity index (χ4n) is 4.23. The number of ether oxygens (including phenoxy) is 1. The summed E-state index contributed by atoms with van der Waals surface area (Å²) in [7, 11) is 0. The molecule has 0 saturated carbocycles. The minimum Gasteiger partial charge on any atom is -0.507 e. The van der Waals surface area contributed by atoms with Crippen LogP contribution in [0, 0.1) is 0 Å². The number of fused-ring (bicyclic) bond motifs is 2. The van der Waals surface area contributed by atoms with Crippen LogP contribution in [0.15, 0.2) is 71.7 Å². The average molecular weight is 431 g/mol. The number of carboxylic acid groups (broad SMARTS) is 1. The zero-order chi connectivity index (χ0) is 22.6. The maximum atomic E-state index is 13.6. The van der Waals surface area contributed by atoms with Gasteiger partial charge in [-0.3, -0.25) is 9.59 Å². The third-order valence-electron chi connectivity index (χ3n) is 5.79. The largest absolute Gasteiger partial charge is 0.507 e. The van der Waals surface area contributed by atoms with Gasteiger partial charge in [0, 0.05) is 12.1 Å². The molecule has 0 aromatic heterocycles. The van der Waals surface area contributed by atoms with Crippen molar-refractivity contribution in [2.24, 2.45) is 0 Å². The molecule has 160 valence electrons. The van der Waals surface area contributed by atoms with Gasteiger partial charge in [-0.1, -0.05) is 30.4 Å². The first-order valence-corrected chi connectivity index (χ1v) is 9.89. The van der Waals surface area contributed by atoms with E-state index in [0.29, 0.717) is 5.75 Å². The van der Waals surface area contributed by atoms with E-state index in [-0.39, 0.29) is 41.1 Å². The van der Waals surface area contributed by atoms with Gasteiger partial charge in [0.1, 0.15) is 22.9 Å². The van der Waals surface area contributed by atoms with Crippen LogP contribution in [-0.4, -0.2) is 43.8 Å². The molecule has 1 aliphatic heterocycles. The van der Waals surface area contributed by atoms with Crippen molar-refractivity contribution in [1.29, 1.82) is 0 Å². The number of aliphatic carboxylic acids is 1. The molecule has 3 N–H and O–H groups in total. The molecule has 0 saturated heterocycles. The number of hydrogen-bond acceptors (Lipinski definition) is 7. The lowest BCUT2D eigenvalue weighted by Gasteiger charge is -2.34. The van der Waals surface area contributed by atoms with Gasteiger partial charge in [-0.2, -0.15) is 0 Å². The number of carboxylic acids is 1. The van der Waals surface area contributed by atoms with Gasteiger partial charge in [0.05, 0.1) is 22.7 Å². The Bertz CT molecular complexity index is 1300. The lowest BCUT2D eigenvalue weighted by atomic mass is 9.88. The molecule has 1 heterocycles. The van der Waals surface area contributed by atoms with Crippen molar-refractivity contribution in [3.63, 3.8) is 0 Å². The number of phenolic OH excluding ortho intramolecular Hbond substituents is 2. The first-order chi connectivity index (χ1) is 15.4. The summed E-state index contributed by atoms with van der Waals surface area (Å²) >= 11 is 0. The molecule has 8 nitrogen and oxygen atoms in total. The second-order valence-electron chi connectivity index (χ2n) is 7.65. The van der Waals surface area contributed by atoms with E-state index in [0.717, 1.165) is 17.7 Å². The zero-order valence-electron chi connectivity index (χ0n) is 16.6. The number of carbonyl (C=O) groups excluding carboxylic acids is 2. The van der Waals surface area contributed by atoms with Crippen LogP contribution >= 0.6 is 0 Å². The van der Waals surface area contributed by atoms with E-state index in [4.69, 9.17) is 4.74 Å². The average Bonchev–Trinajstić information content (AvgIpc) is 2.96. The number of hydrogen-bond donors (Lipinski definition) is 3. The molecule has 2 aromatic rings. The third-order valence-corrected chi connectivity index (χ3v) is 5.79. The van der Waals surface area contributed by atoms with Gasteiger partial charge < -0.3 is 25.0 Å². The van der Waals surface area contributed by atoms with E-state index >= 15 is 0 Å². The second-order valence-corrected chi connectivity index (χ2v) is 7.65. The van der Waals surface area contributed by atoms with Gasteiger partial charge >= 0.3 is 5.97 Å². The first kappa shape index (κ1) is 19.6. The highest BCUT2D eigenvalue weighted by atomic mass is 16.5. The highest BCUT2D eigenvalue weighted by Crippen LogP contribution is 2.42. The van der Waals surface area contributed by atoms with Gasteiger partial charge in [-0.25, -0.2) is 4.79 Å². The molecule has 32 heavy (non-hydrogen) atoms. The van der Waals surface area contributed by atoms with Crippen molar-refractivity contribution in [3.8, 4) is 17.2 Å². The quantitative estimate of drug-likeness (QED) is 0.620. The number of nitrogens with zero attached hydrogens (tertiary/aromatic N) is 1. The minimum atomic E-state index is -1.05. The summed E-state index contributed by atoms with van der Waals surface area (Å²) in [6.07, 6.45) is 4.97. The number of para-hydroxylation sites is 1. The molecule has 1 atom stereocenters. The van der Waals surface area contributed by atoms with Crippen molar-refractivity contribution in [3.05, 3.63) is 88.3 Å². The van der Waals surface area contributed by atoms with Crippen LogP contribution in [0.5, 0.6) is 17.2 Å². The molecule has 3 aliphatic rings. The van der Waals surface area contributed by atoms with Crippen molar-refractivity contribution in [2.75, 3.05) is 0 Å². The van der Waals surface area contributed by atoms with E-state index < -0.39 is 35.1 Å². The molecule has 8 heteroatoms. The molecule has 0 fully saturated rings. The van der Waals surface area contributed by atoms with Gasteiger partial charge in [-0.05, 0) is 30.7 Å². The third kappa shape index (κ3) is 2.88. The second kappa shape index (κ2) is 7.12. The van der Waals surface area contributed by atoms with Gasteiger partial charge in [0.2, 0.25) is 17.3 Å². The fourth-order valence-corrected chi connectivity index (χ4v) is 4.23. The number of ketones is 2. The van der Waals surface area contributed by atoms with Crippen LogP contribution in [0.1, 0.15) is 32.7 Å². The molecule has 0 radical (unpaired) electrons. The van der Waals surface area contributed by atoms with Crippen LogP contribution < -0.4 is 4.74 Å². The highest BCUT2D eigenvalue weighted by molar-refractivity contribution is 6.28. The lowest BCUT2D eigenvalue weighted by Crippen LogP contribution is -2.40. The van der Waals surface area contributed by atoms with Crippen molar-refractivity contribution in [2.45, 2.75) is 19.0 Å². The number of Topliss-reactive ketones (excluding diaryl/α,β-unsaturated/α-hetero) is 2. The molecular formula is C24H17NO7. The lowest BCUT2D eigenvalue weighted by molar-refractivity contribution is -0.132. The van der Waals surface area contributed by atoms with Gasteiger partial charge in [-0.15, -0.1) is 0 Å². The van der Waals surface area contributed by atoms with Crippen molar-refractivity contribution < 1.29 is 34.4 Å². The Hall–Kier alpha value is -4.33. The standard InChI is InChI=1S/C24H17NO7/c26-15-9-10-16(27)19-18(15)21(28)20-23(22(19)29)32-17-4-2-1-3-13(17)11-25(20)14-7-5-12(6-8-14)24(30)31/h1-7,9-10,14,26-27H,8,11H2,(H,30,31). The summed E-state index contributed by atoms with van der Waals surface area (Å²) in [5.74, 6) is -3.12. The summed E-state index contributed by atoms with van der Waals surface area (Å²) in [5.41, 5.74) is 0.235. The zero-order valence-corrected chi connectivity index (χ0v) is 16.6. The predicted octanol–water partition coefficient (Wildman–Crippen LogP) is 2.92. The molecule has 0 spiro atoms. The number of phenols is 2. The van der Waals surface area contributed by atoms with Crippen molar-refractivity contribution in [1.82, 2.24) is 4.90 Å². The summed E-state index contributed by atoms with van der Waals surface area (Å²) in [5, 5.41) is 29.8. The number of benzene rings is 2. The Morgan fingerprint density at radius 3 is 2.34 bits per heavy atom. The maximum Gasteiger partial charge on any atom is 0.335 e. The predicted molar refractivity (Wildman–Crippen MR) is 111 cm³/mol. The first-order valence-electron chi connectivity index (χ1n) is 9.89. The van der Waals surface area contributed by atoms with E-state index in [2.05, 4.69) is 0 Å². The monoisotopic (exact) mass is 431 g/mol. The molecule has 0 amide bonds. The topological polar surface area (TPSA) is 124 Å². The molecular weight excluding hydrogens is 414 g/mol. The Morgan fingerprint density at radius 1 is 1.00 bits per heavy atom. The highest BCUT2D eigenvalue weighted by Gasteiger charge is 2.43. The normalized spacial score (nSPS) is 19.4. The molecule has 1 unspecified atom stereocenters.